The van der Waals surface area contributed by atoms with Gasteiger partial charge in [-0.3, -0.25) is 0 Å². The van der Waals surface area contributed by atoms with Gasteiger partial charge in [0.2, 0.25) is 0 Å². The molecule has 9 rings (SSSR count). The van der Waals surface area contributed by atoms with Gasteiger partial charge in [-0.15, -0.1) is 11.3 Å². The van der Waals surface area contributed by atoms with Gasteiger partial charge in [-0.05, 0) is 53.1 Å². The van der Waals surface area contributed by atoms with Gasteiger partial charge in [-0.1, -0.05) is 97.1 Å². The second kappa shape index (κ2) is 8.08. The average Bonchev–Trinajstić information content (AvgIpc) is 3.52. The summed E-state index contributed by atoms with van der Waals surface area (Å²) < 4.78 is 9.09. The van der Waals surface area contributed by atoms with E-state index in [4.69, 9.17) is 4.74 Å². The molecule has 0 saturated carbocycles. The van der Waals surface area contributed by atoms with Crippen LogP contribution in [0.25, 0.3) is 31.3 Å². The minimum absolute atomic E-state index is 0.454. The van der Waals surface area contributed by atoms with Gasteiger partial charge >= 0.3 is 0 Å². The second-order valence-electron chi connectivity index (χ2n) is 10.6. The van der Waals surface area contributed by atoms with Crippen LogP contribution in [0.4, 0.5) is 11.4 Å². The van der Waals surface area contributed by atoms with Gasteiger partial charge in [-0.25, -0.2) is 0 Å². The Balaban J connectivity index is 1.29. The third-order valence-corrected chi connectivity index (χ3v) is 9.66. The molecule has 2 nitrogen and oxygen atoms in total. The van der Waals surface area contributed by atoms with Crippen molar-refractivity contribution in [1.82, 2.24) is 0 Å². The summed E-state index contributed by atoms with van der Waals surface area (Å²) in [7, 11) is 0. The zero-order chi connectivity index (χ0) is 26.3. The van der Waals surface area contributed by atoms with Crippen molar-refractivity contribution in [3.8, 4) is 22.6 Å². The quantitative estimate of drug-likeness (QED) is 0.240. The lowest BCUT2D eigenvalue weighted by atomic mass is 9.66. The van der Waals surface area contributed by atoms with E-state index in [0.717, 1.165) is 22.9 Å². The molecule has 1 aliphatic heterocycles. The van der Waals surface area contributed by atoms with Crippen molar-refractivity contribution in [2.45, 2.75) is 5.41 Å². The molecule has 1 N–H and O–H groups in total. The molecule has 2 aliphatic rings. The fourth-order valence-electron chi connectivity index (χ4n) is 6.97. The highest BCUT2D eigenvalue weighted by Crippen LogP contribution is 2.63. The molecular formula is C37H23NOS. The molecule has 1 aromatic heterocycles. The third kappa shape index (κ3) is 2.82. The first-order valence-corrected chi connectivity index (χ1v) is 14.4. The van der Waals surface area contributed by atoms with Crippen molar-refractivity contribution in [2.24, 2.45) is 0 Å². The van der Waals surface area contributed by atoms with Crippen LogP contribution in [0.2, 0.25) is 0 Å². The summed E-state index contributed by atoms with van der Waals surface area (Å²) >= 11 is 1.85. The van der Waals surface area contributed by atoms with Gasteiger partial charge in [0.05, 0.1) is 5.41 Å². The van der Waals surface area contributed by atoms with Crippen LogP contribution in [-0.2, 0) is 5.41 Å². The average molecular weight is 530 g/mol. The fraction of sp³-hybridized carbons (Fsp3) is 0.0270. The van der Waals surface area contributed by atoms with Crippen LogP contribution in [0.5, 0.6) is 11.5 Å². The zero-order valence-electron chi connectivity index (χ0n) is 21.5. The lowest BCUT2D eigenvalue weighted by Crippen LogP contribution is -2.32. The number of rotatable bonds is 2. The van der Waals surface area contributed by atoms with E-state index in [1.54, 1.807) is 0 Å². The number of thiophene rings is 1. The molecule has 1 aliphatic carbocycles. The molecule has 6 aromatic carbocycles. The Labute approximate surface area is 236 Å². The van der Waals surface area contributed by atoms with Crippen molar-refractivity contribution in [3.05, 3.63) is 156 Å². The van der Waals surface area contributed by atoms with Gasteiger partial charge < -0.3 is 10.1 Å². The molecule has 1 spiro atoms. The van der Waals surface area contributed by atoms with E-state index in [-0.39, 0.29) is 0 Å². The maximum atomic E-state index is 6.47. The number of benzene rings is 6. The van der Waals surface area contributed by atoms with Crippen LogP contribution in [0.3, 0.4) is 0 Å². The zero-order valence-corrected chi connectivity index (χ0v) is 22.3. The third-order valence-electron chi connectivity index (χ3n) is 8.53. The Morgan fingerprint density at radius 2 is 1.18 bits per heavy atom. The van der Waals surface area contributed by atoms with E-state index in [9.17, 15) is 0 Å². The SMILES string of the molecule is c1ccc2c(c1)Oc1ccccc1C21c2ccccc2-c2c(Nc3ccc4c(c3)sc3ccccc34)cccc21. The molecule has 0 amide bonds. The molecular weight excluding hydrogens is 506 g/mol. The first-order valence-electron chi connectivity index (χ1n) is 13.6. The Morgan fingerprint density at radius 3 is 2.00 bits per heavy atom. The highest BCUT2D eigenvalue weighted by Gasteiger charge is 2.51. The van der Waals surface area contributed by atoms with E-state index >= 15 is 0 Å². The van der Waals surface area contributed by atoms with Crippen LogP contribution in [0.15, 0.2) is 133 Å². The molecule has 0 bridgehead atoms. The van der Waals surface area contributed by atoms with E-state index in [1.165, 1.54) is 53.6 Å². The monoisotopic (exact) mass is 529 g/mol. The number of hydrogen-bond donors (Lipinski definition) is 1. The van der Waals surface area contributed by atoms with Gasteiger partial charge in [0.15, 0.2) is 0 Å². The highest BCUT2D eigenvalue weighted by atomic mass is 32.1. The summed E-state index contributed by atoms with van der Waals surface area (Å²) in [5.41, 5.74) is 9.21. The molecule has 0 fully saturated rings. The number of nitrogens with one attached hydrogen (secondary N) is 1. The smallest absolute Gasteiger partial charge is 0.132 e. The van der Waals surface area contributed by atoms with Gasteiger partial charge in [0.1, 0.15) is 11.5 Å². The van der Waals surface area contributed by atoms with Crippen LogP contribution in [-0.4, -0.2) is 0 Å². The maximum Gasteiger partial charge on any atom is 0.132 e. The largest absolute Gasteiger partial charge is 0.457 e. The second-order valence-corrected chi connectivity index (χ2v) is 11.6. The molecule has 0 atom stereocenters. The molecule has 3 heteroatoms. The van der Waals surface area contributed by atoms with Crippen molar-refractivity contribution in [1.29, 1.82) is 0 Å². The van der Waals surface area contributed by atoms with Crippen LogP contribution in [0.1, 0.15) is 22.3 Å². The summed E-state index contributed by atoms with van der Waals surface area (Å²) in [4.78, 5) is 0. The number of hydrogen-bond acceptors (Lipinski definition) is 3. The molecule has 7 aromatic rings. The number of anilines is 2. The number of fused-ring (bicyclic) bond motifs is 12. The predicted molar refractivity (Wildman–Crippen MR) is 166 cm³/mol. The lowest BCUT2D eigenvalue weighted by Gasteiger charge is -2.39. The van der Waals surface area contributed by atoms with Gasteiger partial charge in [0.25, 0.3) is 0 Å². The number of ether oxygens (including phenoxy) is 1. The molecule has 2 heterocycles. The van der Waals surface area contributed by atoms with Crippen LogP contribution < -0.4 is 10.1 Å². The summed E-state index contributed by atoms with van der Waals surface area (Å²) in [6, 6.07) is 48.0. The first-order chi connectivity index (χ1) is 19.8. The molecule has 0 radical (unpaired) electrons. The summed E-state index contributed by atoms with van der Waals surface area (Å²) in [6.45, 7) is 0. The minimum atomic E-state index is -0.454. The van der Waals surface area contributed by atoms with E-state index in [2.05, 4.69) is 139 Å². The van der Waals surface area contributed by atoms with Crippen molar-refractivity contribution in [3.63, 3.8) is 0 Å². The van der Waals surface area contributed by atoms with E-state index < -0.39 is 5.41 Å². The molecule has 188 valence electrons. The van der Waals surface area contributed by atoms with Crippen molar-refractivity contribution >= 4 is 42.9 Å². The molecule has 40 heavy (non-hydrogen) atoms. The maximum absolute atomic E-state index is 6.47. The van der Waals surface area contributed by atoms with Gasteiger partial charge in [0, 0.05) is 48.2 Å². The first kappa shape index (κ1) is 22.0. The van der Waals surface area contributed by atoms with E-state index in [0.29, 0.717) is 0 Å². The van der Waals surface area contributed by atoms with Crippen LogP contribution in [0, 0.1) is 0 Å². The normalized spacial score (nSPS) is 13.9. The number of para-hydroxylation sites is 2. The minimum Gasteiger partial charge on any atom is -0.457 e. The summed E-state index contributed by atoms with van der Waals surface area (Å²) in [5, 5.41) is 6.46. The molecule has 0 saturated heterocycles. The Hall–Kier alpha value is -4.86. The Morgan fingerprint density at radius 1 is 0.525 bits per heavy atom. The topological polar surface area (TPSA) is 21.3 Å². The summed E-state index contributed by atoms with van der Waals surface area (Å²) in [6.07, 6.45) is 0. The molecule has 0 unspecified atom stereocenters. The van der Waals surface area contributed by atoms with E-state index in [1.807, 2.05) is 11.3 Å². The standard InChI is InChI=1S/C37H23NOS/c1-3-12-27-26(11-1)36-30(37(27)28-13-4-6-17-32(28)39-33-18-7-5-14-29(33)37)15-9-16-31(36)38-23-20-21-25-24-10-2-8-19-34(24)40-35(25)22-23/h1-22,38H. The van der Waals surface area contributed by atoms with Crippen molar-refractivity contribution < 1.29 is 4.74 Å². The summed E-state index contributed by atoms with van der Waals surface area (Å²) in [5.74, 6) is 1.83. The Bertz CT molecular complexity index is 2090. The fourth-order valence-corrected chi connectivity index (χ4v) is 8.11. The van der Waals surface area contributed by atoms with Gasteiger partial charge in [-0.2, -0.15) is 0 Å². The Kier molecular flexibility index (Phi) is 4.44. The van der Waals surface area contributed by atoms with Crippen molar-refractivity contribution in [2.75, 3.05) is 5.32 Å². The van der Waals surface area contributed by atoms with Crippen LogP contribution >= 0.6 is 11.3 Å². The predicted octanol–water partition coefficient (Wildman–Crippen LogP) is 10.3. The highest BCUT2D eigenvalue weighted by molar-refractivity contribution is 7.25. The lowest BCUT2D eigenvalue weighted by molar-refractivity contribution is 0.436.